The lowest BCUT2D eigenvalue weighted by atomic mass is 10.2. The second-order valence-electron chi connectivity index (χ2n) is 2.09. The van der Waals surface area contributed by atoms with Gasteiger partial charge in [0.25, 0.3) is 5.69 Å². The first-order valence-electron chi connectivity index (χ1n) is 3.22. The van der Waals surface area contributed by atoms with E-state index in [9.17, 15) is 10.1 Å². The zero-order valence-electron chi connectivity index (χ0n) is 6.18. The molecule has 12 heavy (non-hydrogen) atoms. The molecular formula is C7H7N3O2. The number of benzene rings is 1. The van der Waals surface area contributed by atoms with Crippen LogP contribution in [0.5, 0.6) is 0 Å². The van der Waals surface area contributed by atoms with Crippen LogP contribution in [0.3, 0.4) is 0 Å². The minimum Gasteiger partial charge on any atom is -0.323 e. The van der Waals surface area contributed by atoms with Crippen molar-refractivity contribution in [3.05, 3.63) is 39.9 Å². The summed E-state index contributed by atoms with van der Waals surface area (Å²) in [7, 11) is 0. The molecule has 0 fully saturated rings. The Hall–Kier alpha value is -1.91. The van der Waals surface area contributed by atoms with Gasteiger partial charge in [-0.2, -0.15) is 5.10 Å². The Morgan fingerprint density at radius 1 is 1.50 bits per heavy atom. The summed E-state index contributed by atoms with van der Waals surface area (Å²) in [6.07, 6.45) is 1.25. The normalized spacial score (nSPS) is 10.3. The molecule has 5 nitrogen and oxygen atoms in total. The van der Waals surface area contributed by atoms with Crippen LogP contribution in [-0.4, -0.2) is 11.1 Å². The molecule has 1 aromatic rings. The van der Waals surface area contributed by atoms with Crippen molar-refractivity contribution in [3.63, 3.8) is 0 Å². The van der Waals surface area contributed by atoms with E-state index in [0.29, 0.717) is 5.56 Å². The molecule has 0 heterocycles. The van der Waals surface area contributed by atoms with Crippen molar-refractivity contribution in [2.75, 3.05) is 0 Å². The zero-order valence-corrected chi connectivity index (χ0v) is 6.18. The molecule has 0 aliphatic rings. The summed E-state index contributed by atoms with van der Waals surface area (Å²) in [5.41, 5.74) is 0.414. The predicted octanol–water partition coefficient (Wildman–Crippen LogP) is 0.887. The first-order valence-corrected chi connectivity index (χ1v) is 3.22. The van der Waals surface area contributed by atoms with Crippen LogP contribution in [0.4, 0.5) is 5.69 Å². The van der Waals surface area contributed by atoms with Gasteiger partial charge in [-0.15, -0.1) is 0 Å². The van der Waals surface area contributed by atoms with E-state index in [2.05, 4.69) is 5.10 Å². The molecule has 0 spiro atoms. The summed E-state index contributed by atoms with van der Waals surface area (Å²) in [5, 5.41) is 13.6. The van der Waals surface area contributed by atoms with Gasteiger partial charge in [0.05, 0.1) is 16.7 Å². The summed E-state index contributed by atoms with van der Waals surface area (Å²) in [6, 6.07) is 6.25. The number of hydrazone groups is 1. The third kappa shape index (κ3) is 1.57. The second kappa shape index (κ2) is 3.47. The highest BCUT2D eigenvalue weighted by molar-refractivity contribution is 5.84. The third-order valence-electron chi connectivity index (χ3n) is 1.35. The molecule has 0 aliphatic heterocycles. The number of nitrogens with two attached hydrogens (primary N) is 1. The van der Waals surface area contributed by atoms with Gasteiger partial charge in [-0.25, -0.2) is 0 Å². The maximum atomic E-state index is 10.4. The SMILES string of the molecule is NN=Cc1ccccc1[N+](=O)[O-]. The summed E-state index contributed by atoms with van der Waals surface area (Å²) in [4.78, 5) is 9.92. The van der Waals surface area contributed by atoms with Crippen LogP contribution in [0.1, 0.15) is 5.56 Å². The van der Waals surface area contributed by atoms with Gasteiger partial charge < -0.3 is 5.84 Å². The molecule has 0 aliphatic carbocycles. The lowest BCUT2D eigenvalue weighted by Crippen LogP contribution is -1.94. The summed E-state index contributed by atoms with van der Waals surface area (Å²) in [5.74, 6) is 4.88. The van der Waals surface area contributed by atoms with E-state index in [1.807, 2.05) is 0 Å². The number of nitro groups is 1. The smallest absolute Gasteiger partial charge is 0.278 e. The van der Waals surface area contributed by atoms with E-state index < -0.39 is 4.92 Å². The van der Waals surface area contributed by atoms with Crippen molar-refractivity contribution in [3.8, 4) is 0 Å². The summed E-state index contributed by atoms with van der Waals surface area (Å²) >= 11 is 0. The van der Waals surface area contributed by atoms with Crippen molar-refractivity contribution in [2.24, 2.45) is 10.9 Å². The maximum absolute atomic E-state index is 10.4. The van der Waals surface area contributed by atoms with Gasteiger partial charge in [-0.3, -0.25) is 10.1 Å². The molecule has 62 valence electrons. The number of hydrogen-bond donors (Lipinski definition) is 1. The van der Waals surface area contributed by atoms with Crippen molar-refractivity contribution >= 4 is 11.9 Å². The molecule has 1 aromatic carbocycles. The molecule has 0 saturated heterocycles. The van der Waals surface area contributed by atoms with E-state index in [0.717, 1.165) is 0 Å². The van der Waals surface area contributed by atoms with Crippen LogP contribution in [-0.2, 0) is 0 Å². The average Bonchev–Trinajstić information content (AvgIpc) is 2.05. The van der Waals surface area contributed by atoms with Gasteiger partial charge in [0.2, 0.25) is 0 Å². The molecule has 0 radical (unpaired) electrons. The molecule has 0 aromatic heterocycles. The standard InChI is InChI=1S/C7H7N3O2/c8-9-5-6-3-1-2-4-7(6)10(11)12/h1-5H,8H2. The van der Waals surface area contributed by atoms with Crippen LogP contribution < -0.4 is 5.84 Å². The van der Waals surface area contributed by atoms with E-state index >= 15 is 0 Å². The van der Waals surface area contributed by atoms with E-state index in [4.69, 9.17) is 5.84 Å². The fourth-order valence-electron chi connectivity index (χ4n) is 0.843. The Labute approximate surface area is 68.7 Å². The minimum atomic E-state index is -0.475. The van der Waals surface area contributed by atoms with Crippen LogP contribution in [0, 0.1) is 10.1 Å². The van der Waals surface area contributed by atoms with E-state index in [1.54, 1.807) is 18.2 Å². The second-order valence-corrected chi connectivity index (χ2v) is 2.09. The van der Waals surface area contributed by atoms with E-state index in [-0.39, 0.29) is 5.69 Å². The van der Waals surface area contributed by atoms with Crippen molar-refractivity contribution in [1.29, 1.82) is 0 Å². The first kappa shape index (κ1) is 8.19. The van der Waals surface area contributed by atoms with Gasteiger partial charge >= 0.3 is 0 Å². The highest BCUT2D eigenvalue weighted by Gasteiger charge is 2.09. The lowest BCUT2D eigenvalue weighted by Gasteiger charge is -1.93. The molecule has 1 rings (SSSR count). The summed E-state index contributed by atoms with van der Waals surface area (Å²) in [6.45, 7) is 0. The van der Waals surface area contributed by atoms with Gasteiger partial charge in [0, 0.05) is 6.07 Å². The molecule has 0 atom stereocenters. The fraction of sp³-hybridized carbons (Fsp3) is 0. The summed E-state index contributed by atoms with van der Waals surface area (Å²) < 4.78 is 0. The highest BCUT2D eigenvalue weighted by atomic mass is 16.6. The number of hydrogen-bond acceptors (Lipinski definition) is 4. The number of rotatable bonds is 2. The quantitative estimate of drug-likeness (QED) is 0.305. The molecule has 0 saturated carbocycles. The molecule has 0 unspecified atom stereocenters. The van der Waals surface area contributed by atoms with Crippen LogP contribution in [0.15, 0.2) is 29.4 Å². The number of nitro benzene ring substituents is 1. The first-order chi connectivity index (χ1) is 5.75. The monoisotopic (exact) mass is 165 g/mol. The lowest BCUT2D eigenvalue weighted by molar-refractivity contribution is -0.385. The maximum Gasteiger partial charge on any atom is 0.278 e. The van der Waals surface area contributed by atoms with E-state index in [1.165, 1.54) is 12.3 Å². The van der Waals surface area contributed by atoms with Crippen LogP contribution in [0.25, 0.3) is 0 Å². The Balaban J connectivity index is 3.17. The predicted molar refractivity (Wildman–Crippen MR) is 44.9 cm³/mol. The Morgan fingerprint density at radius 3 is 2.75 bits per heavy atom. The zero-order chi connectivity index (χ0) is 8.97. The van der Waals surface area contributed by atoms with Crippen LogP contribution >= 0.6 is 0 Å². The van der Waals surface area contributed by atoms with Crippen LogP contribution in [0.2, 0.25) is 0 Å². The fourth-order valence-corrected chi connectivity index (χ4v) is 0.843. The Bertz CT molecular complexity index is 322. The Morgan fingerprint density at radius 2 is 2.17 bits per heavy atom. The number of para-hydroxylation sites is 1. The van der Waals surface area contributed by atoms with Gasteiger partial charge in [0.1, 0.15) is 0 Å². The minimum absolute atomic E-state index is 0.00620. The van der Waals surface area contributed by atoms with Crippen molar-refractivity contribution < 1.29 is 4.92 Å². The van der Waals surface area contributed by atoms with Gasteiger partial charge in [-0.05, 0) is 6.07 Å². The third-order valence-corrected chi connectivity index (χ3v) is 1.35. The molecular weight excluding hydrogens is 158 g/mol. The molecule has 0 amide bonds. The van der Waals surface area contributed by atoms with Crippen molar-refractivity contribution in [2.45, 2.75) is 0 Å². The molecule has 0 bridgehead atoms. The largest absolute Gasteiger partial charge is 0.323 e. The highest BCUT2D eigenvalue weighted by Crippen LogP contribution is 2.14. The molecule has 2 N–H and O–H groups in total. The van der Waals surface area contributed by atoms with Gasteiger partial charge in [-0.1, -0.05) is 12.1 Å². The Kier molecular flexibility index (Phi) is 2.37. The number of nitrogens with zero attached hydrogens (tertiary/aromatic N) is 2. The topological polar surface area (TPSA) is 81.5 Å². The average molecular weight is 165 g/mol. The molecule has 5 heteroatoms. The van der Waals surface area contributed by atoms with Gasteiger partial charge in [0.15, 0.2) is 0 Å². The van der Waals surface area contributed by atoms with Crippen molar-refractivity contribution in [1.82, 2.24) is 0 Å².